The Hall–Kier alpha value is -1.63. The Kier molecular flexibility index (Phi) is 7.10. The van der Waals surface area contributed by atoms with Crippen LogP contribution in [0.4, 0.5) is 0 Å². The molecule has 27 heavy (non-hydrogen) atoms. The summed E-state index contributed by atoms with van der Waals surface area (Å²) >= 11 is 0. The van der Waals surface area contributed by atoms with E-state index in [4.69, 9.17) is 9.47 Å². The highest BCUT2D eigenvalue weighted by Crippen LogP contribution is 2.38. The predicted octanol–water partition coefficient (Wildman–Crippen LogP) is 1.78. The summed E-state index contributed by atoms with van der Waals surface area (Å²) in [6, 6.07) is 9.42. The first-order valence-electron chi connectivity index (χ1n) is 10.1. The number of hydrogen-bond acceptors (Lipinski definition) is 5. The summed E-state index contributed by atoms with van der Waals surface area (Å²) in [5.74, 6) is 0.703. The van der Waals surface area contributed by atoms with E-state index in [0.717, 1.165) is 58.7 Å². The molecule has 0 radical (unpaired) electrons. The number of aliphatic hydroxyl groups is 1. The third-order valence-electron chi connectivity index (χ3n) is 5.79. The van der Waals surface area contributed by atoms with Gasteiger partial charge in [0.2, 0.25) is 0 Å². The Morgan fingerprint density at radius 2 is 2.07 bits per heavy atom. The molecule has 1 N–H and O–H groups in total. The smallest absolute Gasteiger partial charge is 0.260 e. The molecule has 2 fully saturated rings. The molecule has 6 heteroatoms. The first kappa shape index (κ1) is 20.1. The van der Waals surface area contributed by atoms with E-state index in [-0.39, 0.29) is 24.0 Å². The van der Waals surface area contributed by atoms with Crippen molar-refractivity contribution >= 4 is 5.91 Å². The van der Waals surface area contributed by atoms with Crippen LogP contribution in [0, 0.1) is 5.41 Å². The van der Waals surface area contributed by atoms with Gasteiger partial charge < -0.3 is 24.4 Å². The van der Waals surface area contributed by atoms with Crippen molar-refractivity contribution in [2.45, 2.75) is 32.3 Å². The van der Waals surface area contributed by atoms with Crippen LogP contribution in [0.1, 0.15) is 26.2 Å². The number of piperidine rings is 2. The summed E-state index contributed by atoms with van der Waals surface area (Å²) in [6.07, 6.45) is 2.29. The normalized spacial score (nSPS) is 26.3. The van der Waals surface area contributed by atoms with Crippen LogP contribution in [-0.4, -0.2) is 79.5 Å². The lowest BCUT2D eigenvalue weighted by atomic mass is 9.71. The lowest BCUT2D eigenvalue weighted by Crippen LogP contribution is -2.60. The van der Waals surface area contributed by atoms with Crippen molar-refractivity contribution in [1.82, 2.24) is 9.80 Å². The number of likely N-dealkylation sites (tertiary alicyclic amines) is 2. The molecule has 1 aromatic carbocycles. The van der Waals surface area contributed by atoms with Crippen LogP contribution in [0.3, 0.4) is 0 Å². The lowest BCUT2D eigenvalue weighted by molar-refractivity contribution is -0.143. The molecular formula is C21H32N2O4. The molecule has 0 aromatic heterocycles. The van der Waals surface area contributed by atoms with E-state index >= 15 is 0 Å². The molecule has 2 heterocycles. The van der Waals surface area contributed by atoms with Crippen molar-refractivity contribution in [3.05, 3.63) is 30.3 Å². The van der Waals surface area contributed by atoms with E-state index in [1.807, 2.05) is 42.2 Å². The highest BCUT2D eigenvalue weighted by atomic mass is 16.5. The van der Waals surface area contributed by atoms with E-state index in [0.29, 0.717) is 12.3 Å². The highest BCUT2D eigenvalue weighted by molar-refractivity contribution is 5.78. The zero-order valence-electron chi connectivity index (χ0n) is 16.3. The molecule has 2 aliphatic rings. The second-order valence-electron chi connectivity index (χ2n) is 7.66. The highest BCUT2D eigenvalue weighted by Gasteiger charge is 2.46. The van der Waals surface area contributed by atoms with Gasteiger partial charge in [0.05, 0.1) is 12.7 Å². The van der Waals surface area contributed by atoms with Crippen LogP contribution in [0.2, 0.25) is 0 Å². The molecule has 0 bridgehead atoms. The third kappa shape index (κ3) is 5.21. The van der Waals surface area contributed by atoms with Crippen LogP contribution in [0.15, 0.2) is 30.3 Å². The zero-order valence-corrected chi connectivity index (χ0v) is 16.3. The average Bonchev–Trinajstić information content (AvgIpc) is 2.70. The fourth-order valence-electron chi connectivity index (χ4n) is 4.30. The quantitative estimate of drug-likeness (QED) is 0.735. The minimum absolute atomic E-state index is 0.00318. The summed E-state index contributed by atoms with van der Waals surface area (Å²) in [5, 5.41) is 10.8. The van der Waals surface area contributed by atoms with Crippen LogP contribution in [0.25, 0.3) is 0 Å². The van der Waals surface area contributed by atoms with Crippen molar-refractivity contribution in [3.8, 4) is 5.75 Å². The van der Waals surface area contributed by atoms with Gasteiger partial charge >= 0.3 is 0 Å². The van der Waals surface area contributed by atoms with Gasteiger partial charge in [-0.05, 0) is 38.3 Å². The summed E-state index contributed by atoms with van der Waals surface area (Å²) in [5.41, 5.74) is -0.231. The Morgan fingerprint density at radius 1 is 1.26 bits per heavy atom. The molecule has 150 valence electrons. The minimum Gasteiger partial charge on any atom is -0.484 e. The standard InChI is InChI=1S/C21H32N2O4/c1-2-26-14-13-22-12-9-19(24)21(16-22)10-6-11-23(17-21)20(25)15-27-18-7-4-3-5-8-18/h3-5,7-8,19,24H,2,6,9-17H2,1H3/t19-,21-/m1/s1. The molecule has 2 aliphatic heterocycles. The first-order valence-corrected chi connectivity index (χ1v) is 10.1. The van der Waals surface area contributed by atoms with Gasteiger partial charge in [0.15, 0.2) is 6.61 Å². The molecule has 0 unspecified atom stereocenters. The monoisotopic (exact) mass is 376 g/mol. The maximum absolute atomic E-state index is 12.7. The predicted molar refractivity (Wildman–Crippen MR) is 104 cm³/mol. The van der Waals surface area contributed by atoms with E-state index < -0.39 is 0 Å². The Bertz CT molecular complexity index is 597. The number of hydrogen-bond donors (Lipinski definition) is 1. The summed E-state index contributed by atoms with van der Waals surface area (Å²) in [4.78, 5) is 16.9. The number of para-hydroxylation sites is 1. The second kappa shape index (κ2) is 9.53. The van der Waals surface area contributed by atoms with E-state index in [1.165, 1.54) is 0 Å². The molecule has 0 aliphatic carbocycles. The number of ether oxygens (including phenoxy) is 2. The Balaban J connectivity index is 1.56. The number of nitrogens with zero attached hydrogens (tertiary/aromatic N) is 2. The molecule has 1 spiro atoms. The fraction of sp³-hybridized carbons (Fsp3) is 0.667. The summed E-state index contributed by atoms with van der Waals surface area (Å²) in [6.45, 7) is 7.44. The molecular weight excluding hydrogens is 344 g/mol. The number of amides is 1. The first-order chi connectivity index (χ1) is 13.1. The van der Waals surface area contributed by atoms with Crippen molar-refractivity contribution in [1.29, 1.82) is 0 Å². The average molecular weight is 376 g/mol. The molecule has 0 saturated carbocycles. The number of benzene rings is 1. The van der Waals surface area contributed by atoms with E-state index in [2.05, 4.69) is 4.90 Å². The van der Waals surface area contributed by atoms with Gasteiger partial charge in [-0.15, -0.1) is 0 Å². The molecule has 3 rings (SSSR count). The molecule has 1 amide bonds. The number of rotatable bonds is 7. The zero-order chi connectivity index (χ0) is 19.1. The fourth-order valence-corrected chi connectivity index (χ4v) is 4.30. The van der Waals surface area contributed by atoms with Crippen molar-refractivity contribution in [2.24, 2.45) is 5.41 Å². The van der Waals surface area contributed by atoms with Gasteiger partial charge in [0.1, 0.15) is 5.75 Å². The van der Waals surface area contributed by atoms with Gasteiger partial charge in [0.25, 0.3) is 5.91 Å². The van der Waals surface area contributed by atoms with Gasteiger partial charge in [-0.25, -0.2) is 0 Å². The summed E-state index contributed by atoms with van der Waals surface area (Å²) in [7, 11) is 0. The van der Waals surface area contributed by atoms with Crippen molar-refractivity contribution in [2.75, 3.05) is 52.5 Å². The third-order valence-corrected chi connectivity index (χ3v) is 5.79. The van der Waals surface area contributed by atoms with E-state index in [9.17, 15) is 9.90 Å². The Labute approximate surface area is 162 Å². The van der Waals surface area contributed by atoms with Gasteiger partial charge in [0, 0.05) is 44.7 Å². The van der Waals surface area contributed by atoms with Crippen LogP contribution < -0.4 is 4.74 Å². The Morgan fingerprint density at radius 3 is 2.85 bits per heavy atom. The van der Waals surface area contributed by atoms with Gasteiger partial charge in [-0.3, -0.25) is 4.79 Å². The molecule has 2 atom stereocenters. The van der Waals surface area contributed by atoms with Crippen molar-refractivity contribution < 1.29 is 19.4 Å². The summed E-state index contributed by atoms with van der Waals surface area (Å²) < 4.78 is 11.1. The lowest BCUT2D eigenvalue weighted by Gasteiger charge is -2.51. The molecule has 2 saturated heterocycles. The van der Waals surface area contributed by atoms with E-state index in [1.54, 1.807) is 0 Å². The molecule has 6 nitrogen and oxygen atoms in total. The van der Waals surface area contributed by atoms with Gasteiger partial charge in [-0.2, -0.15) is 0 Å². The maximum Gasteiger partial charge on any atom is 0.260 e. The van der Waals surface area contributed by atoms with Crippen molar-refractivity contribution in [3.63, 3.8) is 0 Å². The minimum atomic E-state index is -0.355. The number of aliphatic hydroxyl groups excluding tert-OH is 1. The number of carbonyl (C=O) groups excluding carboxylic acids is 1. The topological polar surface area (TPSA) is 62.2 Å². The maximum atomic E-state index is 12.7. The molecule has 1 aromatic rings. The van der Waals surface area contributed by atoms with Crippen LogP contribution in [-0.2, 0) is 9.53 Å². The number of carbonyl (C=O) groups is 1. The van der Waals surface area contributed by atoms with Gasteiger partial charge in [-0.1, -0.05) is 18.2 Å². The SMILES string of the molecule is CCOCCN1CC[C@@H](O)[C@]2(CCCN(C(=O)COc3ccccc3)C2)C1. The second-order valence-corrected chi connectivity index (χ2v) is 7.66. The van der Waals surface area contributed by atoms with Crippen LogP contribution in [0.5, 0.6) is 5.75 Å². The largest absolute Gasteiger partial charge is 0.484 e. The van der Waals surface area contributed by atoms with Crippen LogP contribution >= 0.6 is 0 Å².